The Morgan fingerprint density at radius 2 is 1.74 bits per heavy atom. The van der Waals surface area contributed by atoms with Crippen LogP contribution in [0.2, 0.25) is 0 Å². The molecule has 6 nitrogen and oxygen atoms in total. The number of rotatable bonds is 5. The maximum atomic E-state index is 11.7. The minimum absolute atomic E-state index is 0.0136. The van der Waals surface area contributed by atoms with E-state index in [1.807, 2.05) is 0 Å². The number of hydrogen-bond acceptors (Lipinski definition) is 6. The van der Waals surface area contributed by atoms with E-state index in [0.717, 1.165) is 11.8 Å². The summed E-state index contributed by atoms with van der Waals surface area (Å²) in [5.74, 6) is 0. The van der Waals surface area contributed by atoms with E-state index in [4.69, 9.17) is 14.2 Å². The van der Waals surface area contributed by atoms with Crippen LogP contribution in [0.3, 0.4) is 0 Å². The zero-order chi connectivity index (χ0) is 15.1. The number of hydrogen-bond donors (Lipinski definition) is 1. The fourth-order valence-corrected chi connectivity index (χ4v) is 1.44. The third-order valence-electron chi connectivity index (χ3n) is 1.94. The SMILES string of the molecule is COCC(C)(COC(=O)SC)NC(=O)OC(C)(C)C. The van der Waals surface area contributed by atoms with Crippen LogP contribution in [-0.2, 0) is 14.2 Å². The summed E-state index contributed by atoms with van der Waals surface area (Å²) in [7, 11) is 1.51. The van der Waals surface area contributed by atoms with Gasteiger partial charge in [0, 0.05) is 7.11 Å². The molecule has 1 unspecified atom stereocenters. The van der Waals surface area contributed by atoms with Gasteiger partial charge in [0.2, 0.25) is 0 Å². The Morgan fingerprint density at radius 3 is 2.16 bits per heavy atom. The highest BCUT2D eigenvalue weighted by Crippen LogP contribution is 2.12. The summed E-state index contributed by atoms with van der Waals surface area (Å²) in [6, 6.07) is 0. The molecule has 0 aromatic heterocycles. The Hall–Kier alpha value is -0.950. The molecule has 0 saturated heterocycles. The first-order chi connectivity index (χ1) is 8.62. The molecule has 112 valence electrons. The normalized spacial score (nSPS) is 14.4. The number of thioether (sulfide) groups is 1. The minimum Gasteiger partial charge on any atom is -0.455 e. The van der Waals surface area contributed by atoms with Crippen LogP contribution in [0.25, 0.3) is 0 Å². The fourth-order valence-electron chi connectivity index (χ4n) is 1.26. The number of carbonyl (C=O) groups excluding carboxylic acids is 2. The summed E-state index contributed by atoms with van der Waals surface area (Å²) in [6.45, 7) is 7.25. The second kappa shape index (κ2) is 7.59. The number of nitrogens with one attached hydrogen (secondary N) is 1. The van der Waals surface area contributed by atoms with Gasteiger partial charge in [0.05, 0.1) is 12.1 Å². The number of carbonyl (C=O) groups is 2. The quantitative estimate of drug-likeness (QED) is 0.785. The first kappa shape index (κ1) is 18.0. The molecule has 0 radical (unpaired) electrons. The van der Waals surface area contributed by atoms with E-state index < -0.39 is 22.5 Å². The Kier molecular flexibility index (Phi) is 7.21. The predicted molar refractivity (Wildman–Crippen MR) is 74.5 cm³/mol. The lowest BCUT2D eigenvalue weighted by atomic mass is 10.1. The molecule has 0 bridgehead atoms. The van der Waals surface area contributed by atoms with Crippen LogP contribution in [0.5, 0.6) is 0 Å². The summed E-state index contributed by atoms with van der Waals surface area (Å²) in [4.78, 5) is 22.9. The lowest BCUT2D eigenvalue weighted by molar-refractivity contribution is 0.0257. The topological polar surface area (TPSA) is 73.9 Å². The summed E-state index contributed by atoms with van der Waals surface area (Å²) in [5.41, 5.74) is -1.42. The monoisotopic (exact) mass is 293 g/mol. The van der Waals surface area contributed by atoms with Crippen molar-refractivity contribution in [2.45, 2.75) is 38.8 Å². The van der Waals surface area contributed by atoms with Gasteiger partial charge in [0.15, 0.2) is 0 Å². The maximum Gasteiger partial charge on any atom is 0.408 e. The Labute approximate surface area is 118 Å². The van der Waals surface area contributed by atoms with Crippen molar-refractivity contribution >= 4 is 23.2 Å². The van der Waals surface area contributed by atoms with E-state index in [-0.39, 0.29) is 13.2 Å². The van der Waals surface area contributed by atoms with Gasteiger partial charge in [-0.1, -0.05) is 0 Å². The molecule has 19 heavy (non-hydrogen) atoms. The molecule has 7 heteroatoms. The van der Waals surface area contributed by atoms with Gasteiger partial charge in [-0.15, -0.1) is 0 Å². The van der Waals surface area contributed by atoms with Crippen molar-refractivity contribution in [1.82, 2.24) is 5.32 Å². The largest absolute Gasteiger partial charge is 0.455 e. The molecule has 1 amide bonds. The molecule has 0 aromatic rings. The lowest BCUT2D eigenvalue weighted by Crippen LogP contribution is -2.54. The van der Waals surface area contributed by atoms with E-state index in [0.29, 0.717) is 0 Å². The van der Waals surface area contributed by atoms with Crippen molar-refractivity contribution in [3.8, 4) is 0 Å². The first-order valence-corrected chi connectivity index (χ1v) is 7.05. The number of methoxy groups -OCH3 is 1. The van der Waals surface area contributed by atoms with Crippen LogP contribution < -0.4 is 5.32 Å². The predicted octanol–water partition coefficient (Wildman–Crippen LogP) is 2.42. The van der Waals surface area contributed by atoms with Gasteiger partial charge in [-0.25, -0.2) is 9.59 Å². The first-order valence-electron chi connectivity index (χ1n) is 5.83. The van der Waals surface area contributed by atoms with E-state index in [2.05, 4.69) is 5.32 Å². The molecule has 0 saturated carbocycles. The Bertz CT molecular complexity index is 316. The second-order valence-electron chi connectivity index (χ2n) is 5.36. The summed E-state index contributed by atoms with van der Waals surface area (Å²) in [5, 5.41) is 2.25. The van der Waals surface area contributed by atoms with Crippen molar-refractivity contribution in [1.29, 1.82) is 0 Å². The summed E-state index contributed by atoms with van der Waals surface area (Å²) in [6.07, 6.45) is 1.05. The van der Waals surface area contributed by atoms with E-state index in [1.54, 1.807) is 34.0 Å². The van der Waals surface area contributed by atoms with Gasteiger partial charge in [0.1, 0.15) is 12.2 Å². The zero-order valence-corrected chi connectivity index (χ0v) is 13.2. The molecular formula is C12H23NO5S. The van der Waals surface area contributed by atoms with E-state index >= 15 is 0 Å². The molecule has 0 aliphatic rings. The van der Waals surface area contributed by atoms with E-state index in [9.17, 15) is 9.59 Å². The average Bonchev–Trinajstić information content (AvgIpc) is 2.23. The van der Waals surface area contributed by atoms with E-state index in [1.165, 1.54) is 7.11 Å². The van der Waals surface area contributed by atoms with Crippen LogP contribution >= 0.6 is 11.8 Å². The highest BCUT2D eigenvalue weighted by atomic mass is 32.2. The van der Waals surface area contributed by atoms with Crippen molar-refractivity contribution in [3.05, 3.63) is 0 Å². The fraction of sp³-hybridized carbons (Fsp3) is 0.833. The van der Waals surface area contributed by atoms with Crippen LogP contribution in [-0.4, -0.2) is 49.1 Å². The molecule has 0 aliphatic carbocycles. The highest BCUT2D eigenvalue weighted by Gasteiger charge is 2.30. The van der Waals surface area contributed by atoms with Crippen molar-refractivity contribution < 1.29 is 23.8 Å². The summed E-state index contributed by atoms with van der Waals surface area (Å²) >= 11 is 0.967. The molecule has 0 aliphatic heterocycles. The molecule has 0 rings (SSSR count). The Balaban J connectivity index is 4.52. The molecular weight excluding hydrogens is 270 g/mol. The molecule has 1 atom stereocenters. The second-order valence-corrected chi connectivity index (χ2v) is 6.10. The average molecular weight is 293 g/mol. The van der Waals surface area contributed by atoms with Gasteiger partial charge in [-0.2, -0.15) is 0 Å². The lowest BCUT2D eigenvalue weighted by Gasteiger charge is -2.30. The van der Waals surface area contributed by atoms with Crippen LogP contribution in [0, 0.1) is 0 Å². The molecule has 0 fully saturated rings. The molecule has 1 N–H and O–H groups in total. The number of ether oxygens (including phenoxy) is 3. The molecule has 0 heterocycles. The minimum atomic E-state index is -0.831. The summed E-state index contributed by atoms with van der Waals surface area (Å²) < 4.78 is 15.2. The van der Waals surface area contributed by atoms with Gasteiger partial charge >= 0.3 is 11.4 Å². The number of amides is 1. The van der Waals surface area contributed by atoms with Gasteiger partial charge in [-0.05, 0) is 45.7 Å². The third-order valence-corrected chi connectivity index (χ3v) is 2.39. The standard InChI is InChI=1S/C12H23NO5S/c1-11(2,3)18-9(14)13-12(4,7-16-5)8-17-10(15)19-6/h7-8H2,1-6H3,(H,13,14). The third kappa shape index (κ3) is 8.72. The van der Waals surface area contributed by atoms with Crippen LogP contribution in [0.4, 0.5) is 9.59 Å². The van der Waals surface area contributed by atoms with Crippen molar-refractivity contribution in [2.24, 2.45) is 0 Å². The van der Waals surface area contributed by atoms with Crippen LogP contribution in [0.1, 0.15) is 27.7 Å². The number of alkyl carbamates (subject to hydrolysis) is 1. The molecule has 0 aromatic carbocycles. The van der Waals surface area contributed by atoms with Crippen molar-refractivity contribution in [3.63, 3.8) is 0 Å². The maximum absolute atomic E-state index is 11.7. The molecule has 0 spiro atoms. The van der Waals surface area contributed by atoms with Crippen LogP contribution in [0.15, 0.2) is 0 Å². The highest BCUT2D eigenvalue weighted by molar-refractivity contribution is 8.12. The Morgan fingerprint density at radius 1 is 1.16 bits per heavy atom. The van der Waals surface area contributed by atoms with Gasteiger partial charge in [0.25, 0.3) is 0 Å². The van der Waals surface area contributed by atoms with Crippen molar-refractivity contribution in [2.75, 3.05) is 26.6 Å². The zero-order valence-electron chi connectivity index (χ0n) is 12.4. The smallest absolute Gasteiger partial charge is 0.408 e. The van der Waals surface area contributed by atoms with Gasteiger partial charge in [-0.3, -0.25) is 0 Å². The van der Waals surface area contributed by atoms with Gasteiger partial charge < -0.3 is 19.5 Å².